The molecule has 0 saturated carbocycles. The van der Waals surface area contributed by atoms with Crippen molar-refractivity contribution in [3.63, 3.8) is 0 Å². The van der Waals surface area contributed by atoms with Crippen LogP contribution in [-0.2, 0) is 5.41 Å². The van der Waals surface area contributed by atoms with Gasteiger partial charge in [-0.2, -0.15) is 0 Å². The number of carbonyl (C=O) groups is 1. The summed E-state index contributed by atoms with van der Waals surface area (Å²) in [5.74, 6) is -2.58. The summed E-state index contributed by atoms with van der Waals surface area (Å²) in [6.07, 6.45) is 0. The van der Waals surface area contributed by atoms with E-state index in [0.29, 0.717) is 5.13 Å². The van der Waals surface area contributed by atoms with Gasteiger partial charge in [0.2, 0.25) is 0 Å². The first kappa shape index (κ1) is 18.2. The van der Waals surface area contributed by atoms with Crippen LogP contribution in [0.5, 0.6) is 0 Å². The molecule has 3 rings (SSSR count). The van der Waals surface area contributed by atoms with Crippen molar-refractivity contribution in [2.75, 3.05) is 5.32 Å². The van der Waals surface area contributed by atoms with Crippen molar-refractivity contribution < 1.29 is 13.6 Å². The molecule has 1 heterocycles. The zero-order valence-electron chi connectivity index (χ0n) is 14.6. The second-order valence-corrected chi connectivity index (χ2v) is 7.81. The SMILES string of the molecule is CC(C)(C)c1ccc(-c2csc(NC(=O)c3ccc(F)c(F)c3)n2)cc1. The van der Waals surface area contributed by atoms with Gasteiger partial charge in [-0.1, -0.05) is 45.0 Å². The second kappa shape index (κ2) is 6.96. The van der Waals surface area contributed by atoms with Gasteiger partial charge in [0.25, 0.3) is 5.91 Å². The molecule has 134 valence electrons. The molecule has 0 saturated heterocycles. The van der Waals surface area contributed by atoms with Crippen LogP contribution in [0, 0.1) is 11.6 Å². The number of anilines is 1. The van der Waals surface area contributed by atoms with Gasteiger partial charge in [-0.25, -0.2) is 13.8 Å². The fourth-order valence-corrected chi connectivity index (χ4v) is 3.13. The van der Waals surface area contributed by atoms with Gasteiger partial charge in [0.05, 0.1) is 5.69 Å². The number of hydrogen-bond donors (Lipinski definition) is 1. The highest BCUT2D eigenvalue weighted by molar-refractivity contribution is 7.14. The summed E-state index contributed by atoms with van der Waals surface area (Å²) in [4.78, 5) is 16.5. The molecule has 1 amide bonds. The van der Waals surface area contributed by atoms with Crippen LogP contribution in [0.3, 0.4) is 0 Å². The van der Waals surface area contributed by atoms with Crippen molar-refractivity contribution in [2.45, 2.75) is 26.2 Å². The van der Waals surface area contributed by atoms with Crippen LogP contribution >= 0.6 is 11.3 Å². The Kier molecular flexibility index (Phi) is 4.87. The molecule has 0 aliphatic heterocycles. The number of aromatic nitrogens is 1. The van der Waals surface area contributed by atoms with Crippen molar-refractivity contribution in [2.24, 2.45) is 0 Å². The van der Waals surface area contributed by atoms with E-state index in [-0.39, 0.29) is 11.0 Å². The Balaban J connectivity index is 1.75. The maximum atomic E-state index is 13.3. The first-order valence-corrected chi connectivity index (χ1v) is 8.95. The fraction of sp³-hybridized carbons (Fsp3) is 0.200. The van der Waals surface area contributed by atoms with Gasteiger partial charge in [-0.05, 0) is 29.2 Å². The number of benzene rings is 2. The van der Waals surface area contributed by atoms with Gasteiger partial charge >= 0.3 is 0 Å². The summed E-state index contributed by atoms with van der Waals surface area (Å²) in [7, 11) is 0. The zero-order valence-corrected chi connectivity index (χ0v) is 15.5. The van der Waals surface area contributed by atoms with Crippen LogP contribution < -0.4 is 5.32 Å². The molecule has 0 atom stereocenters. The molecular weight excluding hydrogens is 354 g/mol. The lowest BCUT2D eigenvalue weighted by Gasteiger charge is -2.18. The Hall–Kier alpha value is -2.60. The molecule has 6 heteroatoms. The Morgan fingerprint density at radius 1 is 1.04 bits per heavy atom. The third kappa shape index (κ3) is 3.96. The summed E-state index contributed by atoms with van der Waals surface area (Å²) < 4.78 is 26.2. The number of carbonyl (C=O) groups excluding carboxylic acids is 1. The van der Waals surface area contributed by atoms with Crippen LogP contribution in [-0.4, -0.2) is 10.9 Å². The number of nitrogens with zero attached hydrogens (tertiary/aromatic N) is 1. The van der Waals surface area contributed by atoms with Crippen LogP contribution in [0.1, 0.15) is 36.7 Å². The summed E-state index contributed by atoms with van der Waals surface area (Å²) in [5, 5.41) is 4.85. The van der Waals surface area contributed by atoms with E-state index in [1.165, 1.54) is 23.0 Å². The molecule has 0 fully saturated rings. The standard InChI is InChI=1S/C20H18F2N2OS/c1-20(2,3)14-7-4-12(5-8-14)17-11-26-19(23-17)24-18(25)13-6-9-15(21)16(22)10-13/h4-11H,1-3H3,(H,23,24,25). The highest BCUT2D eigenvalue weighted by Crippen LogP contribution is 2.28. The van der Waals surface area contributed by atoms with Crippen molar-refractivity contribution in [3.8, 4) is 11.3 Å². The molecule has 3 nitrogen and oxygen atoms in total. The van der Waals surface area contributed by atoms with Gasteiger partial charge in [0.1, 0.15) is 0 Å². The summed E-state index contributed by atoms with van der Waals surface area (Å²) in [6, 6.07) is 11.1. The summed E-state index contributed by atoms with van der Waals surface area (Å²) in [6.45, 7) is 6.45. The van der Waals surface area contributed by atoms with Gasteiger partial charge < -0.3 is 0 Å². The predicted octanol–water partition coefficient (Wildman–Crippen LogP) is 5.64. The Labute approximate surface area is 154 Å². The minimum atomic E-state index is -1.06. The molecule has 26 heavy (non-hydrogen) atoms. The number of rotatable bonds is 3. The smallest absolute Gasteiger partial charge is 0.257 e. The van der Waals surface area contributed by atoms with E-state index in [1.807, 2.05) is 17.5 Å². The van der Waals surface area contributed by atoms with Crippen LogP contribution in [0.25, 0.3) is 11.3 Å². The highest BCUT2D eigenvalue weighted by Gasteiger charge is 2.15. The monoisotopic (exact) mass is 372 g/mol. The number of thiazole rings is 1. The highest BCUT2D eigenvalue weighted by atomic mass is 32.1. The molecule has 2 aromatic carbocycles. The Morgan fingerprint density at radius 3 is 2.35 bits per heavy atom. The average molecular weight is 372 g/mol. The van der Waals surface area contributed by atoms with Crippen LogP contribution in [0.2, 0.25) is 0 Å². The van der Waals surface area contributed by atoms with E-state index >= 15 is 0 Å². The first-order chi connectivity index (χ1) is 12.2. The van der Waals surface area contributed by atoms with Gasteiger partial charge in [-0.3, -0.25) is 10.1 Å². The van der Waals surface area contributed by atoms with E-state index < -0.39 is 17.5 Å². The van der Waals surface area contributed by atoms with Gasteiger partial charge in [0, 0.05) is 16.5 Å². The predicted molar refractivity (Wildman–Crippen MR) is 101 cm³/mol. The number of nitrogens with one attached hydrogen (secondary N) is 1. The lowest BCUT2D eigenvalue weighted by atomic mass is 9.86. The largest absolute Gasteiger partial charge is 0.298 e. The normalized spacial score (nSPS) is 11.4. The number of amides is 1. The fourth-order valence-electron chi connectivity index (χ4n) is 2.41. The second-order valence-electron chi connectivity index (χ2n) is 6.95. The molecule has 3 aromatic rings. The van der Waals surface area contributed by atoms with E-state index in [0.717, 1.165) is 23.4 Å². The minimum absolute atomic E-state index is 0.0372. The van der Waals surface area contributed by atoms with E-state index in [2.05, 4.69) is 43.2 Å². The van der Waals surface area contributed by atoms with E-state index in [9.17, 15) is 13.6 Å². The third-order valence-corrected chi connectivity index (χ3v) is 4.71. The van der Waals surface area contributed by atoms with Gasteiger partial charge in [0.15, 0.2) is 16.8 Å². The molecule has 1 N–H and O–H groups in total. The molecule has 0 aliphatic carbocycles. The Morgan fingerprint density at radius 2 is 1.73 bits per heavy atom. The molecule has 0 spiro atoms. The van der Waals surface area contributed by atoms with Crippen LogP contribution in [0.4, 0.5) is 13.9 Å². The van der Waals surface area contributed by atoms with Crippen LogP contribution in [0.15, 0.2) is 47.8 Å². The molecule has 1 aromatic heterocycles. The molecule has 0 radical (unpaired) electrons. The molecular formula is C20H18F2N2OS. The van der Waals surface area contributed by atoms with Crippen molar-refractivity contribution in [3.05, 3.63) is 70.6 Å². The summed E-state index contributed by atoms with van der Waals surface area (Å²) in [5.41, 5.74) is 3.03. The first-order valence-electron chi connectivity index (χ1n) is 8.07. The minimum Gasteiger partial charge on any atom is -0.298 e. The topological polar surface area (TPSA) is 42.0 Å². The maximum Gasteiger partial charge on any atom is 0.257 e. The number of hydrogen-bond acceptors (Lipinski definition) is 3. The Bertz CT molecular complexity index is 943. The van der Waals surface area contributed by atoms with E-state index in [4.69, 9.17) is 0 Å². The van der Waals surface area contributed by atoms with Crippen molar-refractivity contribution in [1.82, 2.24) is 4.98 Å². The lowest BCUT2D eigenvalue weighted by Crippen LogP contribution is -2.12. The summed E-state index contributed by atoms with van der Waals surface area (Å²) >= 11 is 1.27. The average Bonchev–Trinajstić information content (AvgIpc) is 3.05. The maximum absolute atomic E-state index is 13.3. The number of halogens is 2. The molecule has 0 unspecified atom stereocenters. The van der Waals surface area contributed by atoms with Crippen molar-refractivity contribution in [1.29, 1.82) is 0 Å². The van der Waals surface area contributed by atoms with Crippen molar-refractivity contribution >= 4 is 22.4 Å². The molecule has 0 bridgehead atoms. The molecule has 0 aliphatic rings. The van der Waals surface area contributed by atoms with Gasteiger partial charge in [-0.15, -0.1) is 11.3 Å². The third-order valence-electron chi connectivity index (χ3n) is 3.95. The van der Waals surface area contributed by atoms with E-state index in [1.54, 1.807) is 0 Å². The quantitative estimate of drug-likeness (QED) is 0.647. The lowest BCUT2D eigenvalue weighted by molar-refractivity contribution is 0.102. The zero-order chi connectivity index (χ0) is 18.9.